The first kappa shape index (κ1) is 13.9. The lowest BCUT2D eigenvalue weighted by Gasteiger charge is -2.07. The molecule has 1 unspecified atom stereocenters. The predicted octanol–water partition coefficient (Wildman–Crippen LogP) is 1.75. The number of nitrogens with one attached hydrogen (secondary N) is 1. The smallest absolute Gasteiger partial charge is 0.244 e. The summed E-state index contributed by atoms with van der Waals surface area (Å²) in [5.41, 5.74) is 0.763. The molecule has 110 valence electrons. The number of furan rings is 1. The van der Waals surface area contributed by atoms with Gasteiger partial charge in [-0.05, 0) is 24.6 Å². The molecule has 0 bridgehead atoms. The summed E-state index contributed by atoms with van der Waals surface area (Å²) in [4.78, 5) is 11.8. The second-order valence-corrected chi connectivity index (χ2v) is 7.36. The third-order valence-corrected chi connectivity index (χ3v) is 5.19. The molecule has 5 nitrogen and oxygen atoms in total. The fourth-order valence-corrected chi connectivity index (χ4v) is 4.07. The second-order valence-electron chi connectivity index (χ2n) is 5.13. The molecule has 1 atom stereocenters. The van der Waals surface area contributed by atoms with Gasteiger partial charge in [-0.1, -0.05) is 18.2 Å². The van der Waals surface area contributed by atoms with Crippen LogP contribution in [-0.4, -0.2) is 31.9 Å². The topological polar surface area (TPSA) is 76.4 Å². The summed E-state index contributed by atoms with van der Waals surface area (Å²) in [5, 5.41) is 3.66. The first-order valence-electron chi connectivity index (χ1n) is 6.69. The summed E-state index contributed by atoms with van der Waals surface area (Å²) in [7, 11) is -2.98. The molecule has 0 saturated carbocycles. The molecule has 1 aromatic carbocycles. The first-order chi connectivity index (χ1) is 10.0. The van der Waals surface area contributed by atoms with Crippen LogP contribution in [0.2, 0.25) is 0 Å². The van der Waals surface area contributed by atoms with E-state index in [-0.39, 0.29) is 23.5 Å². The first-order valence-corrected chi connectivity index (χ1v) is 8.51. The Kier molecular flexibility index (Phi) is 3.55. The van der Waals surface area contributed by atoms with Gasteiger partial charge in [0.2, 0.25) is 5.91 Å². The Labute approximate surface area is 122 Å². The molecule has 2 aromatic rings. The van der Waals surface area contributed by atoms with Crippen LogP contribution in [0.3, 0.4) is 0 Å². The van der Waals surface area contributed by atoms with Crippen molar-refractivity contribution in [2.75, 3.05) is 11.5 Å². The number of benzene rings is 1. The molecule has 2 heterocycles. The lowest BCUT2D eigenvalue weighted by molar-refractivity contribution is -0.116. The third kappa shape index (κ3) is 3.33. The molecule has 1 aromatic heterocycles. The Morgan fingerprint density at radius 1 is 1.33 bits per heavy atom. The van der Waals surface area contributed by atoms with Gasteiger partial charge in [0.05, 0.1) is 11.5 Å². The number of hydrogen-bond donors (Lipinski definition) is 1. The predicted molar refractivity (Wildman–Crippen MR) is 80.4 cm³/mol. The quantitative estimate of drug-likeness (QED) is 0.877. The van der Waals surface area contributed by atoms with E-state index in [2.05, 4.69) is 5.32 Å². The summed E-state index contributed by atoms with van der Waals surface area (Å²) in [6, 6.07) is 9.14. The number of fused-ring (bicyclic) bond motifs is 1. The SMILES string of the molecule is O=C(/C=C/c1cc2ccccc2o1)NC1CCS(=O)(=O)C1. The van der Waals surface area contributed by atoms with Crippen LogP contribution < -0.4 is 5.32 Å². The number of hydrogen-bond acceptors (Lipinski definition) is 4. The maximum atomic E-state index is 11.8. The fraction of sp³-hybridized carbons (Fsp3) is 0.267. The number of carbonyl (C=O) groups excluding carboxylic acids is 1. The van der Waals surface area contributed by atoms with Gasteiger partial charge in [-0.15, -0.1) is 0 Å². The molecule has 0 radical (unpaired) electrons. The van der Waals surface area contributed by atoms with Gasteiger partial charge in [-0.3, -0.25) is 4.79 Å². The van der Waals surface area contributed by atoms with Gasteiger partial charge in [0.15, 0.2) is 9.84 Å². The van der Waals surface area contributed by atoms with Gasteiger partial charge in [-0.2, -0.15) is 0 Å². The molecule has 6 heteroatoms. The maximum absolute atomic E-state index is 11.8. The van der Waals surface area contributed by atoms with E-state index in [0.717, 1.165) is 11.0 Å². The number of rotatable bonds is 3. The van der Waals surface area contributed by atoms with E-state index in [1.54, 1.807) is 6.08 Å². The minimum absolute atomic E-state index is 0.0250. The van der Waals surface area contributed by atoms with E-state index in [1.807, 2.05) is 30.3 Å². The zero-order valence-electron chi connectivity index (χ0n) is 11.3. The third-order valence-electron chi connectivity index (χ3n) is 3.42. The number of carbonyl (C=O) groups is 1. The fourth-order valence-electron chi connectivity index (χ4n) is 2.40. The number of sulfone groups is 1. The van der Waals surface area contributed by atoms with Crippen molar-refractivity contribution in [2.24, 2.45) is 0 Å². The molecule has 3 rings (SSSR count). The minimum atomic E-state index is -2.98. The summed E-state index contributed by atoms with van der Waals surface area (Å²) in [6.45, 7) is 0. The van der Waals surface area contributed by atoms with Crippen LogP contribution in [0.15, 0.2) is 40.8 Å². The van der Waals surface area contributed by atoms with Crippen molar-refractivity contribution in [3.05, 3.63) is 42.2 Å². The Morgan fingerprint density at radius 2 is 2.14 bits per heavy atom. The van der Waals surface area contributed by atoms with Crippen LogP contribution in [-0.2, 0) is 14.6 Å². The lowest BCUT2D eigenvalue weighted by Crippen LogP contribution is -2.34. The molecule has 0 spiro atoms. The standard InChI is InChI=1S/C15H15NO4S/c17-15(16-12-7-8-21(18,19)10-12)6-5-13-9-11-3-1-2-4-14(11)20-13/h1-6,9,12H,7-8,10H2,(H,16,17)/b6-5+. The van der Waals surface area contributed by atoms with Crippen LogP contribution in [0.25, 0.3) is 17.0 Å². The van der Waals surface area contributed by atoms with Crippen molar-refractivity contribution in [1.29, 1.82) is 0 Å². The molecule has 1 aliphatic heterocycles. The average Bonchev–Trinajstić information content (AvgIpc) is 2.99. The van der Waals surface area contributed by atoms with Crippen LogP contribution >= 0.6 is 0 Å². The summed E-state index contributed by atoms with van der Waals surface area (Å²) < 4.78 is 28.2. The van der Waals surface area contributed by atoms with E-state index < -0.39 is 9.84 Å². The van der Waals surface area contributed by atoms with Crippen LogP contribution in [0.1, 0.15) is 12.2 Å². The second kappa shape index (κ2) is 5.37. The van der Waals surface area contributed by atoms with Crippen LogP contribution in [0.4, 0.5) is 0 Å². The zero-order chi connectivity index (χ0) is 14.9. The Morgan fingerprint density at radius 3 is 2.86 bits per heavy atom. The molecule has 1 aliphatic rings. The summed E-state index contributed by atoms with van der Waals surface area (Å²) >= 11 is 0. The highest BCUT2D eigenvalue weighted by Crippen LogP contribution is 2.19. The van der Waals surface area contributed by atoms with E-state index in [1.165, 1.54) is 6.08 Å². The van der Waals surface area contributed by atoms with Crippen molar-refractivity contribution in [3.63, 3.8) is 0 Å². The van der Waals surface area contributed by atoms with Crippen molar-refractivity contribution < 1.29 is 17.6 Å². The molecule has 1 N–H and O–H groups in total. The Bertz CT molecular complexity index is 771. The maximum Gasteiger partial charge on any atom is 0.244 e. The number of para-hydroxylation sites is 1. The highest BCUT2D eigenvalue weighted by atomic mass is 32.2. The largest absolute Gasteiger partial charge is 0.457 e. The monoisotopic (exact) mass is 305 g/mol. The molecule has 0 aliphatic carbocycles. The van der Waals surface area contributed by atoms with Crippen molar-refractivity contribution in [1.82, 2.24) is 5.32 Å². The molecule has 1 saturated heterocycles. The van der Waals surface area contributed by atoms with E-state index >= 15 is 0 Å². The van der Waals surface area contributed by atoms with Gasteiger partial charge in [0.1, 0.15) is 11.3 Å². The highest BCUT2D eigenvalue weighted by molar-refractivity contribution is 7.91. The van der Waals surface area contributed by atoms with Gasteiger partial charge < -0.3 is 9.73 Å². The lowest BCUT2D eigenvalue weighted by atomic mass is 10.2. The molecular weight excluding hydrogens is 290 g/mol. The van der Waals surface area contributed by atoms with E-state index in [0.29, 0.717) is 12.2 Å². The molecule has 1 fully saturated rings. The van der Waals surface area contributed by atoms with E-state index in [9.17, 15) is 13.2 Å². The Balaban J connectivity index is 1.64. The van der Waals surface area contributed by atoms with Gasteiger partial charge >= 0.3 is 0 Å². The number of amides is 1. The van der Waals surface area contributed by atoms with E-state index in [4.69, 9.17) is 4.42 Å². The van der Waals surface area contributed by atoms with Crippen molar-refractivity contribution in [3.8, 4) is 0 Å². The molecular formula is C15H15NO4S. The van der Waals surface area contributed by atoms with Crippen molar-refractivity contribution >= 4 is 32.8 Å². The highest BCUT2D eigenvalue weighted by Gasteiger charge is 2.28. The minimum Gasteiger partial charge on any atom is -0.457 e. The Hall–Kier alpha value is -2.08. The summed E-state index contributed by atoms with van der Waals surface area (Å²) in [5.74, 6) is 0.450. The van der Waals surface area contributed by atoms with Gasteiger partial charge in [-0.25, -0.2) is 8.42 Å². The van der Waals surface area contributed by atoms with Crippen molar-refractivity contribution in [2.45, 2.75) is 12.5 Å². The molecule has 21 heavy (non-hydrogen) atoms. The van der Waals surface area contributed by atoms with Crippen LogP contribution in [0.5, 0.6) is 0 Å². The van der Waals surface area contributed by atoms with Gasteiger partial charge in [0.25, 0.3) is 0 Å². The van der Waals surface area contributed by atoms with Crippen LogP contribution in [0, 0.1) is 0 Å². The molecule has 1 amide bonds. The zero-order valence-corrected chi connectivity index (χ0v) is 12.1. The average molecular weight is 305 g/mol. The summed E-state index contributed by atoms with van der Waals surface area (Å²) in [6.07, 6.45) is 3.42. The van der Waals surface area contributed by atoms with Gasteiger partial charge in [0, 0.05) is 17.5 Å². The normalized spacial score (nSPS) is 21.0.